The van der Waals surface area contributed by atoms with Crippen LogP contribution in [0.3, 0.4) is 0 Å². The number of amides is 3. The number of fused-ring (bicyclic) bond motifs is 1. The zero-order chi connectivity index (χ0) is 37.1. The maximum atomic E-state index is 13.3. The Kier molecular flexibility index (Phi) is 11.1. The van der Waals surface area contributed by atoms with Crippen LogP contribution in [0.15, 0.2) is 36.5 Å². The molecule has 5 aliphatic rings. The monoisotopic (exact) mass is 725 g/mol. The van der Waals surface area contributed by atoms with Crippen molar-refractivity contribution in [3.05, 3.63) is 58.8 Å². The Bertz CT molecular complexity index is 1710. The summed E-state index contributed by atoms with van der Waals surface area (Å²) in [4.78, 5) is 46.7. The molecule has 0 bridgehead atoms. The maximum absolute atomic E-state index is 13.3. The molecule has 0 radical (unpaired) electrons. The lowest BCUT2D eigenvalue weighted by Gasteiger charge is -2.55. The first-order valence-corrected chi connectivity index (χ1v) is 19.3. The van der Waals surface area contributed by atoms with Gasteiger partial charge in [0.25, 0.3) is 5.91 Å². The Morgan fingerprint density at radius 2 is 1.70 bits per heavy atom. The number of benzene rings is 2. The molecule has 1 spiro atoms. The van der Waals surface area contributed by atoms with E-state index in [1.807, 2.05) is 25.4 Å². The molecule has 5 heterocycles. The lowest BCUT2D eigenvalue weighted by Crippen LogP contribution is -2.60. The summed E-state index contributed by atoms with van der Waals surface area (Å²) in [5, 5.41) is 13.0. The summed E-state index contributed by atoms with van der Waals surface area (Å²) in [6.45, 7) is 8.83. The zero-order valence-electron chi connectivity index (χ0n) is 31.5. The van der Waals surface area contributed by atoms with Crippen molar-refractivity contribution in [3.63, 3.8) is 0 Å². The number of carbonyl (C=O) groups excluding carboxylic acids is 3. The van der Waals surface area contributed by atoms with Crippen LogP contribution in [0.2, 0.25) is 0 Å². The van der Waals surface area contributed by atoms with Crippen molar-refractivity contribution in [2.24, 2.45) is 11.3 Å². The molecule has 3 N–H and O–H groups in total. The minimum atomic E-state index is -0.581. The Morgan fingerprint density at radius 3 is 2.34 bits per heavy atom. The Morgan fingerprint density at radius 1 is 0.981 bits per heavy atom. The smallest absolute Gasteiger partial charge is 0.255 e. The highest BCUT2D eigenvalue weighted by Crippen LogP contribution is 2.44. The average molecular weight is 726 g/mol. The van der Waals surface area contributed by atoms with Crippen molar-refractivity contribution in [1.29, 1.82) is 5.41 Å². The first kappa shape index (κ1) is 36.9. The van der Waals surface area contributed by atoms with Crippen molar-refractivity contribution in [1.82, 2.24) is 25.3 Å². The Balaban J connectivity index is 0.870. The van der Waals surface area contributed by atoms with Gasteiger partial charge in [-0.3, -0.25) is 24.6 Å². The summed E-state index contributed by atoms with van der Waals surface area (Å²) < 4.78 is 11.8. The number of allylic oxidation sites excluding steroid dienone is 1. The number of methoxy groups -OCH3 is 2. The van der Waals surface area contributed by atoms with Crippen LogP contribution in [0.5, 0.6) is 11.5 Å². The molecule has 0 saturated carbocycles. The van der Waals surface area contributed by atoms with Gasteiger partial charge in [0.1, 0.15) is 17.5 Å². The second-order valence-electron chi connectivity index (χ2n) is 15.7. The molecule has 12 heteroatoms. The van der Waals surface area contributed by atoms with Crippen LogP contribution in [0, 0.1) is 16.7 Å². The van der Waals surface area contributed by atoms with Crippen LogP contribution in [0.4, 0.5) is 5.69 Å². The van der Waals surface area contributed by atoms with Crippen LogP contribution in [-0.4, -0.2) is 112 Å². The molecule has 4 fully saturated rings. The van der Waals surface area contributed by atoms with Gasteiger partial charge in [-0.15, -0.1) is 0 Å². The predicted octanol–water partition coefficient (Wildman–Crippen LogP) is 4.27. The quantitative estimate of drug-likeness (QED) is 0.205. The van der Waals surface area contributed by atoms with E-state index in [1.165, 1.54) is 38.4 Å². The number of nitrogens with one attached hydrogen (secondary N) is 3. The Labute approximate surface area is 313 Å². The summed E-state index contributed by atoms with van der Waals surface area (Å²) in [6, 6.07) is 9.80. The van der Waals surface area contributed by atoms with Gasteiger partial charge < -0.3 is 34.9 Å². The van der Waals surface area contributed by atoms with E-state index in [0.29, 0.717) is 36.3 Å². The summed E-state index contributed by atoms with van der Waals surface area (Å²) in [5.41, 5.74) is 6.33. The standard InChI is InChI=1S/C41H55N7O5/c1-43-22-29(5-4-14-42)31-19-36(52-2)34(37(20-31)53-3)25-45-15-10-28(11-16-45)23-46-17-12-41(13-18-46)26-47(27-41)32-7-6-30-24-48(40(51)33(30)21-32)35-8-9-38(49)44-39(35)50/h6-7,14,19-22,28,35,42-43H,4-5,8-13,15-18,23-27H2,1-3H3,(H,44,49,50)/b29-22+,42-14?. The van der Waals surface area contributed by atoms with Crippen molar-refractivity contribution in [2.75, 3.05) is 72.0 Å². The lowest BCUT2D eigenvalue weighted by molar-refractivity contribution is -0.136. The first-order valence-electron chi connectivity index (χ1n) is 19.3. The van der Waals surface area contributed by atoms with Crippen molar-refractivity contribution >= 4 is 35.2 Å². The summed E-state index contributed by atoms with van der Waals surface area (Å²) in [6.07, 6.45) is 10.3. The van der Waals surface area contributed by atoms with Crippen molar-refractivity contribution in [3.8, 4) is 11.5 Å². The van der Waals surface area contributed by atoms with E-state index in [9.17, 15) is 14.4 Å². The van der Waals surface area contributed by atoms with Crippen LogP contribution in [-0.2, 0) is 22.7 Å². The number of hydrogen-bond donors (Lipinski definition) is 3. The molecule has 1 atom stereocenters. The molecular weight excluding hydrogens is 670 g/mol. The SMILES string of the molecule is CN/C=C(\CCC=N)c1cc(OC)c(CN2CCC(CN3CCC4(CC3)CN(c3ccc5c(c3)C(=O)N(C3CCC(=O)NC3=O)C5)C4)CC2)c(OC)c1. The highest BCUT2D eigenvalue weighted by Gasteiger charge is 2.46. The number of piperidine rings is 3. The predicted molar refractivity (Wildman–Crippen MR) is 205 cm³/mol. The second-order valence-corrected chi connectivity index (χ2v) is 15.7. The molecule has 284 valence electrons. The third kappa shape index (κ3) is 7.80. The van der Waals surface area contributed by atoms with E-state index in [4.69, 9.17) is 14.9 Å². The normalized spacial score (nSPS) is 22.4. The highest BCUT2D eigenvalue weighted by atomic mass is 16.5. The van der Waals surface area contributed by atoms with E-state index >= 15 is 0 Å². The van der Waals surface area contributed by atoms with Crippen molar-refractivity contribution in [2.45, 2.75) is 70.5 Å². The van der Waals surface area contributed by atoms with E-state index in [-0.39, 0.29) is 24.1 Å². The molecule has 0 aromatic heterocycles. The topological polar surface area (TPSA) is 131 Å². The number of hydrogen-bond acceptors (Lipinski definition) is 10. The van der Waals surface area contributed by atoms with Crippen LogP contribution >= 0.6 is 0 Å². The van der Waals surface area contributed by atoms with Gasteiger partial charge in [0.2, 0.25) is 11.8 Å². The van der Waals surface area contributed by atoms with E-state index in [2.05, 4.69) is 43.5 Å². The van der Waals surface area contributed by atoms with E-state index < -0.39 is 6.04 Å². The zero-order valence-corrected chi connectivity index (χ0v) is 31.5. The molecule has 2 aromatic carbocycles. The second kappa shape index (κ2) is 15.9. The van der Waals surface area contributed by atoms with Gasteiger partial charge in [0.05, 0.1) is 19.8 Å². The van der Waals surface area contributed by atoms with E-state index in [0.717, 1.165) is 91.7 Å². The molecule has 2 aromatic rings. The molecule has 3 amide bonds. The number of nitrogens with zero attached hydrogens (tertiary/aromatic N) is 4. The average Bonchev–Trinajstić information content (AvgIpc) is 3.48. The summed E-state index contributed by atoms with van der Waals surface area (Å²) >= 11 is 0. The fourth-order valence-electron chi connectivity index (χ4n) is 9.15. The molecule has 5 aliphatic heterocycles. The van der Waals surface area contributed by atoms with Gasteiger partial charge in [-0.1, -0.05) is 6.07 Å². The fraction of sp³-hybridized carbons (Fsp3) is 0.561. The Hall–Kier alpha value is -4.42. The number of carbonyl (C=O) groups is 3. The third-order valence-electron chi connectivity index (χ3n) is 12.3. The van der Waals surface area contributed by atoms with Crippen LogP contribution in [0.1, 0.15) is 78.4 Å². The number of rotatable bonds is 13. The first-order chi connectivity index (χ1) is 25.7. The fourth-order valence-corrected chi connectivity index (χ4v) is 9.15. The number of ether oxygens (including phenoxy) is 2. The third-order valence-corrected chi connectivity index (χ3v) is 12.3. The minimum Gasteiger partial charge on any atom is -0.496 e. The molecule has 1 unspecified atom stereocenters. The largest absolute Gasteiger partial charge is 0.496 e. The summed E-state index contributed by atoms with van der Waals surface area (Å²) in [7, 11) is 5.35. The number of anilines is 1. The molecular formula is C41H55N7O5. The van der Waals surface area contributed by atoms with Gasteiger partial charge >= 0.3 is 0 Å². The summed E-state index contributed by atoms with van der Waals surface area (Å²) in [5.74, 6) is 1.65. The van der Waals surface area contributed by atoms with Gasteiger partial charge in [-0.05, 0) is 124 Å². The minimum absolute atomic E-state index is 0.109. The van der Waals surface area contributed by atoms with Gasteiger partial charge in [0.15, 0.2) is 0 Å². The van der Waals surface area contributed by atoms with Gasteiger partial charge in [-0.25, -0.2) is 0 Å². The van der Waals surface area contributed by atoms with Crippen LogP contribution < -0.4 is 25.0 Å². The molecule has 4 saturated heterocycles. The van der Waals surface area contributed by atoms with Crippen LogP contribution in [0.25, 0.3) is 5.57 Å². The number of likely N-dealkylation sites (tertiary alicyclic amines) is 2. The highest BCUT2D eigenvalue weighted by molar-refractivity contribution is 6.05. The molecule has 7 rings (SSSR count). The molecule has 0 aliphatic carbocycles. The van der Waals surface area contributed by atoms with Crippen molar-refractivity contribution < 1.29 is 23.9 Å². The molecule has 53 heavy (non-hydrogen) atoms. The van der Waals surface area contributed by atoms with E-state index in [1.54, 1.807) is 19.1 Å². The van der Waals surface area contributed by atoms with Gasteiger partial charge in [0, 0.05) is 69.1 Å². The van der Waals surface area contributed by atoms with Gasteiger partial charge in [-0.2, -0.15) is 0 Å². The number of imide groups is 1. The molecule has 12 nitrogen and oxygen atoms in total. The lowest BCUT2D eigenvalue weighted by atomic mass is 9.71. The maximum Gasteiger partial charge on any atom is 0.255 e.